The number of carbonyl (C=O) groups excluding carboxylic acids is 1. The van der Waals surface area contributed by atoms with Crippen molar-refractivity contribution in [3.8, 4) is 5.75 Å². The Labute approximate surface area is 239 Å². The minimum atomic E-state index is -1.21. The number of carbonyl (C=O) groups is 2. The van der Waals surface area contributed by atoms with Gasteiger partial charge in [0.2, 0.25) is 0 Å². The van der Waals surface area contributed by atoms with E-state index in [0.717, 1.165) is 31.2 Å². The van der Waals surface area contributed by atoms with Crippen molar-refractivity contribution in [2.45, 2.75) is 84.2 Å². The summed E-state index contributed by atoms with van der Waals surface area (Å²) in [5, 5.41) is 19.0. The van der Waals surface area contributed by atoms with Crippen LogP contribution in [0.5, 0.6) is 5.75 Å². The number of benzene rings is 2. The van der Waals surface area contributed by atoms with E-state index in [-0.39, 0.29) is 50.5 Å². The van der Waals surface area contributed by atoms with Gasteiger partial charge >= 0.3 is 11.9 Å². The number of carboxylic acid groups (broad SMARTS) is 1. The Morgan fingerprint density at radius 2 is 1.50 bits per heavy atom. The molecule has 0 saturated carbocycles. The Hall–Kier alpha value is -1.38. The maximum Gasteiger partial charge on any atom is 0.321 e. The third-order valence-corrected chi connectivity index (χ3v) is 6.02. The first-order valence-corrected chi connectivity index (χ1v) is 11.8. The van der Waals surface area contributed by atoms with Crippen LogP contribution in [0, 0.1) is 50.0 Å². The van der Waals surface area contributed by atoms with Crippen molar-refractivity contribution in [1.82, 2.24) is 0 Å². The Morgan fingerprint density at radius 3 is 2.00 bits per heavy atom. The summed E-state index contributed by atoms with van der Waals surface area (Å²) in [5.41, 5.74) is 2.57. The molecule has 0 aliphatic carbocycles. The molecule has 0 saturated heterocycles. The van der Waals surface area contributed by atoms with E-state index in [4.69, 9.17) is 4.74 Å². The minimum Gasteiger partial charge on any atom is -0.508 e. The topological polar surface area (TPSA) is 83.8 Å². The van der Waals surface area contributed by atoms with Crippen molar-refractivity contribution in [3.05, 3.63) is 65.2 Å². The SMILES string of the molecule is CCC(CCCC(C)c1ccc(CC(C(=O)O)C(=O)OC(C)(C)C)cc1)c1ccc(O)cc1.[Ac]. The third-order valence-electron chi connectivity index (χ3n) is 6.02. The van der Waals surface area contributed by atoms with Crippen LogP contribution in [-0.2, 0) is 20.7 Å². The van der Waals surface area contributed by atoms with E-state index in [9.17, 15) is 19.8 Å². The Balaban J connectivity index is 0.00000578. The van der Waals surface area contributed by atoms with Gasteiger partial charge in [0.15, 0.2) is 5.92 Å². The number of hydrogen-bond acceptors (Lipinski definition) is 4. The van der Waals surface area contributed by atoms with Crippen LogP contribution in [0.3, 0.4) is 0 Å². The smallest absolute Gasteiger partial charge is 0.321 e. The van der Waals surface area contributed by atoms with Gasteiger partial charge in [0.05, 0.1) is 0 Å². The van der Waals surface area contributed by atoms with Gasteiger partial charge in [0.25, 0.3) is 0 Å². The van der Waals surface area contributed by atoms with Crippen LogP contribution in [0.4, 0.5) is 0 Å². The number of phenolic OH excluding ortho intramolecular Hbond substituents is 1. The van der Waals surface area contributed by atoms with E-state index in [1.54, 1.807) is 32.9 Å². The van der Waals surface area contributed by atoms with Crippen LogP contribution in [0.1, 0.15) is 88.8 Å². The van der Waals surface area contributed by atoms with E-state index in [0.29, 0.717) is 17.6 Å². The zero-order chi connectivity index (χ0) is 24.6. The molecular weight excluding hydrogens is 643 g/mol. The molecule has 0 spiro atoms. The predicted octanol–water partition coefficient (Wildman–Crippen LogP) is 6.44. The van der Waals surface area contributed by atoms with Crippen molar-refractivity contribution in [2.24, 2.45) is 5.92 Å². The quantitative estimate of drug-likeness (QED) is 0.211. The molecule has 34 heavy (non-hydrogen) atoms. The second-order valence-electron chi connectivity index (χ2n) is 9.90. The summed E-state index contributed by atoms with van der Waals surface area (Å²) in [4.78, 5) is 23.9. The molecule has 3 atom stereocenters. The van der Waals surface area contributed by atoms with Gasteiger partial charge in [-0.15, -0.1) is 0 Å². The van der Waals surface area contributed by atoms with E-state index in [1.807, 2.05) is 36.4 Å². The van der Waals surface area contributed by atoms with Gasteiger partial charge in [0.1, 0.15) is 11.4 Å². The summed E-state index contributed by atoms with van der Waals surface area (Å²) in [6, 6.07) is 15.4. The second kappa shape index (κ2) is 14.2. The van der Waals surface area contributed by atoms with Gasteiger partial charge < -0.3 is 14.9 Å². The standard InChI is InChI=1S/C28H38O5.Ac/c1-6-21(23-14-16-24(29)17-15-23)9-7-8-19(2)22-12-10-20(11-13-22)18-25(26(30)31)27(32)33-28(3,4)5;/h10-17,19,21,25,29H,6-9,18H2,1-5H3,(H,30,31);. The number of phenols is 1. The van der Waals surface area contributed by atoms with Crippen molar-refractivity contribution >= 4 is 11.9 Å². The fourth-order valence-corrected chi connectivity index (χ4v) is 4.05. The fraction of sp³-hybridized carbons (Fsp3) is 0.500. The molecule has 3 unspecified atom stereocenters. The zero-order valence-corrected chi connectivity index (χ0v) is 25.8. The van der Waals surface area contributed by atoms with Gasteiger partial charge in [-0.25, -0.2) is 0 Å². The van der Waals surface area contributed by atoms with Crippen LogP contribution >= 0.6 is 0 Å². The number of rotatable bonds is 11. The first-order valence-electron chi connectivity index (χ1n) is 11.8. The molecule has 0 bridgehead atoms. The summed E-state index contributed by atoms with van der Waals surface area (Å²) in [6.45, 7) is 9.59. The summed E-state index contributed by atoms with van der Waals surface area (Å²) < 4.78 is 5.27. The Bertz CT molecular complexity index is 900. The van der Waals surface area contributed by atoms with Crippen LogP contribution in [0.2, 0.25) is 0 Å². The summed E-state index contributed by atoms with van der Waals surface area (Å²) in [7, 11) is 0. The van der Waals surface area contributed by atoms with E-state index >= 15 is 0 Å². The molecule has 0 amide bonds. The summed E-state index contributed by atoms with van der Waals surface area (Å²) in [5.74, 6) is -1.91. The molecule has 0 heterocycles. The molecular formula is C28H38AcO5. The molecule has 2 N–H and O–H groups in total. The average Bonchev–Trinajstić information content (AvgIpc) is 2.74. The number of aromatic hydroxyl groups is 1. The number of esters is 1. The molecule has 1 radical (unpaired) electrons. The number of ether oxygens (including phenoxy) is 1. The number of aliphatic carboxylic acids is 1. The van der Waals surface area contributed by atoms with Gasteiger partial charge in [-0.3, -0.25) is 9.59 Å². The van der Waals surface area contributed by atoms with Gasteiger partial charge in [-0.2, -0.15) is 0 Å². The Morgan fingerprint density at radius 1 is 0.941 bits per heavy atom. The largest absolute Gasteiger partial charge is 0.508 e. The molecule has 5 nitrogen and oxygen atoms in total. The molecule has 6 heteroatoms. The van der Waals surface area contributed by atoms with Crippen LogP contribution in [0.25, 0.3) is 0 Å². The van der Waals surface area contributed by atoms with Crippen molar-refractivity contribution in [2.75, 3.05) is 0 Å². The van der Waals surface area contributed by atoms with Crippen LogP contribution < -0.4 is 0 Å². The summed E-state index contributed by atoms with van der Waals surface area (Å²) >= 11 is 0. The summed E-state index contributed by atoms with van der Waals surface area (Å²) in [6.07, 6.45) is 4.44. The minimum absolute atomic E-state index is 0. The molecule has 0 fully saturated rings. The van der Waals surface area contributed by atoms with Gasteiger partial charge in [-0.05, 0) is 87.1 Å². The monoisotopic (exact) mass is 681 g/mol. The molecule has 0 aromatic heterocycles. The molecule has 2 aromatic carbocycles. The molecule has 0 aliphatic heterocycles. The van der Waals surface area contributed by atoms with Crippen molar-refractivity contribution in [1.29, 1.82) is 0 Å². The second-order valence-corrected chi connectivity index (χ2v) is 9.90. The molecule has 2 rings (SSSR count). The van der Waals surface area contributed by atoms with Crippen LogP contribution in [0.15, 0.2) is 48.5 Å². The number of hydrogen-bond donors (Lipinski definition) is 2. The third kappa shape index (κ3) is 10.1. The fourth-order valence-electron chi connectivity index (χ4n) is 4.05. The first-order chi connectivity index (χ1) is 15.5. The van der Waals surface area contributed by atoms with Crippen molar-refractivity contribution < 1.29 is 68.6 Å². The van der Waals surface area contributed by atoms with E-state index in [2.05, 4.69) is 13.8 Å². The number of carboxylic acids is 1. The maximum atomic E-state index is 12.3. The average molecular weight is 682 g/mol. The molecule has 0 aliphatic rings. The van der Waals surface area contributed by atoms with E-state index in [1.165, 1.54) is 11.1 Å². The van der Waals surface area contributed by atoms with Crippen molar-refractivity contribution in [3.63, 3.8) is 0 Å². The maximum absolute atomic E-state index is 12.3. The molecule has 183 valence electrons. The van der Waals surface area contributed by atoms with Gasteiger partial charge in [0, 0.05) is 44.1 Å². The normalized spacial score (nSPS) is 13.9. The zero-order valence-electron chi connectivity index (χ0n) is 21.1. The Kier molecular flexibility index (Phi) is 12.8. The first kappa shape index (κ1) is 30.7. The van der Waals surface area contributed by atoms with Gasteiger partial charge in [-0.1, -0.05) is 56.7 Å². The molecule has 2 aromatic rings. The van der Waals surface area contributed by atoms with Crippen LogP contribution in [-0.4, -0.2) is 27.8 Å². The predicted molar refractivity (Wildman–Crippen MR) is 131 cm³/mol. The van der Waals surface area contributed by atoms with E-state index < -0.39 is 23.5 Å².